The first kappa shape index (κ1) is 51.2. The Kier molecular flexibility index (Phi) is 19.3. The van der Waals surface area contributed by atoms with Crippen LogP contribution in [-0.4, -0.2) is 134 Å². The Hall–Kier alpha value is -1.97. The summed E-state index contributed by atoms with van der Waals surface area (Å²) in [6.45, 7) is 1.68. The standard InChI is InChI=1S/C26H42N7O19P3S.Na/c1-4-13(24(38)39)25(40)56-8-7-28-15(34)5-6-29-22(37)19(36)26(2,3)10-49-55(46,47)52-54(44,45)48-9-14-18(51-53(41,42)43)17(35)23(50-14)33-12-32-16-20(27)30-11-31-21(16)33;/h11-14,17-19,23,35-36H,4-10H2,1-3H3,(H,28,34)(H,29,37)(H,38,39)(H,44,45)(H,46,47)(H2,27,30,31)(H2,41,42,43);/q;+1/t13?,14-,17-,18-,19+,23-;/m1./s1. The Morgan fingerprint density at radius 2 is 1.70 bits per heavy atom. The van der Waals surface area contributed by atoms with E-state index in [2.05, 4.69) is 34.4 Å². The number of carboxylic acids is 1. The van der Waals surface area contributed by atoms with E-state index in [1.54, 1.807) is 6.92 Å². The van der Waals surface area contributed by atoms with Crippen molar-refractivity contribution in [1.82, 2.24) is 30.2 Å². The number of nitrogen functional groups attached to an aromatic ring is 1. The first-order valence-electron chi connectivity index (χ1n) is 16.2. The molecule has 0 radical (unpaired) electrons. The van der Waals surface area contributed by atoms with Crippen molar-refractivity contribution in [2.24, 2.45) is 11.3 Å². The van der Waals surface area contributed by atoms with Crippen molar-refractivity contribution < 1.29 is 120 Å². The Morgan fingerprint density at radius 3 is 2.32 bits per heavy atom. The number of carbonyl (C=O) groups excluding carboxylic acids is 3. The van der Waals surface area contributed by atoms with E-state index in [0.717, 1.165) is 29.0 Å². The molecule has 3 rings (SSSR count). The molecule has 11 N–H and O–H groups in total. The van der Waals surface area contributed by atoms with Crippen molar-refractivity contribution in [2.45, 2.75) is 64.3 Å². The van der Waals surface area contributed by atoms with Gasteiger partial charge >= 0.3 is 59.0 Å². The molecule has 0 spiro atoms. The number of hydrogen-bond donors (Lipinski definition) is 10. The summed E-state index contributed by atoms with van der Waals surface area (Å²) in [7, 11) is -16.5. The van der Waals surface area contributed by atoms with Crippen LogP contribution in [0.4, 0.5) is 5.82 Å². The molecule has 26 nitrogen and oxygen atoms in total. The fourth-order valence-electron chi connectivity index (χ4n) is 4.82. The molecule has 2 aromatic heterocycles. The van der Waals surface area contributed by atoms with E-state index in [1.807, 2.05) is 0 Å². The maximum atomic E-state index is 12.7. The van der Waals surface area contributed by atoms with Gasteiger partial charge in [-0.3, -0.25) is 37.3 Å². The number of thioether (sulfide) groups is 1. The number of aliphatic carboxylic acids is 1. The van der Waals surface area contributed by atoms with E-state index in [-0.39, 0.29) is 78.2 Å². The van der Waals surface area contributed by atoms with Gasteiger partial charge in [0.05, 0.1) is 19.5 Å². The first-order valence-corrected chi connectivity index (χ1v) is 21.7. The second-order valence-corrected chi connectivity index (χ2v) is 17.9. The van der Waals surface area contributed by atoms with Gasteiger partial charge in [0.2, 0.25) is 16.9 Å². The summed E-state index contributed by atoms with van der Waals surface area (Å²) in [5.41, 5.74) is 4.19. The summed E-state index contributed by atoms with van der Waals surface area (Å²) in [5, 5.41) is 34.6. The quantitative estimate of drug-likeness (QED) is 0.0232. The molecule has 316 valence electrons. The van der Waals surface area contributed by atoms with Crippen LogP contribution in [-0.2, 0) is 55.5 Å². The van der Waals surface area contributed by atoms with Gasteiger partial charge < -0.3 is 56.0 Å². The van der Waals surface area contributed by atoms with Gasteiger partial charge in [0.25, 0.3) is 0 Å². The van der Waals surface area contributed by atoms with E-state index in [4.69, 9.17) is 24.6 Å². The van der Waals surface area contributed by atoms with Gasteiger partial charge in [-0.15, -0.1) is 0 Å². The maximum absolute atomic E-state index is 12.7. The van der Waals surface area contributed by atoms with Crippen LogP contribution in [0.25, 0.3) is 11.2 Å². The number of nitrogens with one attached hydrogen (secondary N) is 2. The Balaban J connectivity index is 0.0000112. The zero-order valence-electron chi connectivity index (χ0n) is 30.7. The van der Waals surface area contributed by atoms with Crippen LogP contribution in [0, 0.1) is 11.3 Å². The van der Waals surface area contributed by atoms with Crippen molar-refractivity contribution in [3.8, 4) is 0 Å². The van der Waals surface area contributed by atoms with Crippen LogP contribution in [0.1, 0.15) is 39.8 Å². The molecule has 3 heterocycles. The van der Waals surface area contributed by atoms with Gasteiger partial charge in [-0.25, -0.2) is 28.6 Å². The van der Waals surface area contributed by atoms with Gasteiger partial charge in [-0.05, 0) is 6.42 Å². The topological polar surface area (TPSA) is 401 Å². The third kappa shape index (κ3) is 15.2. The Labute approximate surface area is 349 Å². The van der Waals surface area contributed by atoms with Gasteiger partial charge in [0.1, 0.15) is 42.2 Å². The summed E-state index contributed by atoms with van der Waals surface area (Å²) in [6.07, 6.45) is -7.01. The normalized spacial score (nSPS) is 21.8. The number of aliphatic hydroxyl groups excluding tert-OH is 2. The average molecular weight is 905 g/mol. The van der Waals surface area contributed by atoms with E-state index in [1.165, 1.54) is 13.8 Å². The van der Waals surface area contributed by atoms with E-state index >= 15 is 0 Å². The molecule has 0 bridgehead atoms. The molecule has 1 aliphatic rings. The molecule has 0 aromatic carbocycles. The predicted octanol–water partition coefficient (Wildman–Crippen LogP) is -4.22. The van der Waals surface area contributed by atoms with E-state index in [0.29, 0.717) is 0 Å². The Bertz CT molecular complexity index is 1890. The third-order valence-corrected chi connectivity index (χ3v) is 11.8. The van der Waals surface area contributed by atoms with Crippen LogP contribution in [0.2, 0.25) is 0 Å². The molecule has 2 aromatic rings. The van der Waals surface area contributed by atoms with Crippen molar-refractivity contribution in [3.05, 3.63) is 12.7 Å². The molecular weight excluding hydrogens is 862 g/mol. The number of carbonyl (C=O) groups is 4. The molecule has 1 saturated heterocycles. The number of amides is 2. The molecule has 8 atom stereocenters. The molecule has 1 aliphatic heterocycles. The second-order valence-electron chi connectivity index (χ2n) is 12.5. The number of fused-ring (bicyclic) bond motifs is 1. The molecule has 2 amide bonds. The van der Waals surface area contributed by atoms with Gasteiger partial charge in [0, 0.05) is 30.7 Å². The zero-order chi connectivity index (χ0) is 42.2. The number of hydrogen-bond acceptors (Lipinski definition) is 19. The number of rotatable bonds is 22. The minimum atomic E-state index is -5.59. The number of aliphatic hydroxyl groups is 2. The van der Waals surface area contributed by atoms with Crippen LogP contribution in [0.3, 0.4) is 0 Å². The molecule has 1 fully saturated rings. The number of nitrogens with zero attached hydrogens (tertiary/aromatic N) is 4. The predicted molar refractivity (Wildman–Crippen MR) is 189 cm³/mol. The van der Waals surface area contributed by atoms with E-state index < -0.39 is 102 Å². The summed E-state index contributed by atoms with van der Waals surface area (Å²) >= 11 is 0.750. The smallest absolute Gasteiger partial charge is 0.481 e. The minimum absolute atomic E-state index is 0. The number of anilines is 1. The number of ether oxygens (including phenoxy) is 1. The molecule has 57 heavy (non-hydrogen) atoms. The monoisotopic (exact) mass is 904 g/mol. The van der Waals surface area contributed by atoms with E-state index in [9.17, 15) is 62.7 Å². The van der Waals surface area contributed by atoms with Crippen LogP contribution in [0.15, 0.2) is 12.7 Å². The molecule has 0 aliphatic carbocycles. The third-order valence-electron chi connectivity index (χ3n) is 7.74. The van der Waals surface area contributed by atoms with Crippen molar-refractivity contribution in [2.75, 3.05) is 37.8 Å². The number of nitrogens with two attached hydrogens (primary N) is 1. The summed E-state index contributed by atoms with van der Waals surface area (Å²) < 4.78 is 61.9. The maximum Gasteiger partial charge on any atom is 1.00 e. The first-order chi connectivity index (χ1) is 25.9. The van der Waals surface area contributed by atoms with Crippen LogP contribution < -0.4 is 45.9 Å². The summed E-state index contributed by atoms with van der Waals surface area (Å²) in [5.74, 6) is -3.92. The minimum Gasteiger partial charge on any atom is -0.481 e. The zero-order valence-corrected chi connectivity index (χ0v) is 36.2. The molecule has 31 heteroatoms. The second kappa shape index (κ2) is 21.5. The van der Waals surface area contributed by atoms with Gasteiger partial charge in [-0.2, -0.15) is 4.31 Å². The van der Waals surface area contributed by atoms with Gasteiger partial charge in [-0.1, -0.05) is 32.5 Å². The molecule has 3 unspecified atom stereocenters. The fraction of sp³-hybridized carbons (Fsp3) is 0.654. The number of phosphoric acid groups is 3. The van der Waals surface area contributed by atoms with Crippen LogP contribution in [0.5, 0.6) is 0 Å². The fourth-order valence-corrected chi connectivity index (χ4v) is 8.53. The summed E-state index contributed by atoms with van der Waals surface area (Å²) in [4.78, 5) is 98.4. The number of imidazole rings is 1. The number of phosphoric ester groups is 3. The largest absolute Gasteiger partial charge is 1.00 e. The van der Waals surface area contributed by atoms with Crippen molar-refractivity contribution >= 4 is 75.1 Å². The van der Waals surface area contributed by atoms with Gasteiger partial charge in [0.15, 0.2) is 17.7 Å². The van der Waals surface area contributed by atoms with Crippen molar-refractivity contribution in [1.29, 1.82) is 0 Å². The number of aromatic nitrogens is 4. The van der Waals surface area contributed by atoms with Crippen LogP contribution >= 0.6 is 35.2 Å². The summed E-state index contributed by atoms with van der Waals surface area (Å²) in [6, 6.07) is 0. The number of carboxylic acid groups (broad SMARTS) is 1. The van der Waals surface area contributed by atoms with Crippen molar-refractivity contribution in [3.63, 3.8) is 0 Å². The molecule has 0 saturated carbocycles. The SMILES string of the molecule is CCC(C(=O)O)C(=O)SCCNC(=O)CCNC(=O)[C@H](O)C(C)(C)COP(=O)(O)OP(=O)(O)OC[C@H]1O[C@@H](n2cnc3c(N)ncnc32)[C@H](O)[C@@H]1OP(=O)(O)O.[Na+]. The Morgan fingerprint density at radius 1 is 1.05 bits per heavy atom. The average Bonchev–Trinajstić information content (AvgIpc) is 3.64. The molecular formula is C26H42N7NaO19P3S+.